The van der Waals surface area contributed by atoms with Crippen molar-refractivity contribution in [3.8, 4) is 5.75 Å². The quantitative estimate of drug-likeness (QED) is 0.347. The van der Waals surface area contributed by atoms with Crippen LogP contribution in [-0.2, 0) is 0 Å². The van der Waals surface area contributed by atoms with Crippen molar-refractivity contribution in [2.75, 3.05) is 13.2 Å². The fourth-order valence-corrected chi connectivity index (χ4v) is 1.51. The zero-order valence-electron chi connectivity index (χ0n) is 11.8. The van der Waals surface area contributed by atoms with Gasteiger partial charge < -0.3 is 15.8 Å². The lowest BCUT2D eigenvalue weighted by Gasteiger charge is -2.09. The number of hydrogen-bond donors (Lipinski definition) is 2. The second kappa shape index (κ2) is 9.89. The monoisotopic (exact) mass is 377 g/mol. The number of halogens is 1. The summed E-state index contributed by atoms with van der Waals surface area (Å²) in [5, 5.41) is 3.05. The number of rotatable bonds is 6. The van der Waals surface area contributed by atoms with Crippen LogP contribution in [0, 0.1) is 6.92 Å². The van der Waals surface area contributed by atoms with E-state index in [0.717, 1.165) is 17.7 Å². The van der Waals surface area contributed by atoms with Crippen LogP contribution in [0.5, 0.6) is 5.75 Å². The first-order valence-electron chi connectivity index (χ1n) is 6.34. The third kappa shape index (κ3) is 7.92. The number of nitrogens with zero attached hydrogens (tertiary/aromatic N) is 1. The highest BCUT2D eigenvalue weighted by atomic mass is 127. The summed E-state index contributed by atoms with van der Waals surface area (Å²) in [5.41, 5.74) is 6.84. The van der Waals surface area contributed by atoms with Crippen molar-refractivity contribution in [1.82, 2.24) is 5.32 Å². The van der Waals surface area contributed by atoms with Crippen molar-refractivity contribution in [1.29, 1.82) is 0 Å². The van der Waals surface area contributed by atoms with E-state index in [-0.39, 0.29) is 24.0 Å². The highest BCUT2D eigenvalue weighted by molar-refractivity contribution is 14.0. The number of ether oxygens (including phenoxy) is 1. The third-order valence-corrected chi connectivity index (χ3v) is 2.37. The Bertz CT molecular complexity index is 394. The van der Waals surface area contributed by atoms with Crippen molar-refractivity contribution in [2.24, 2.45) is 10.7 Å². The molecule has 0 spiro atoms. The van der Waals surface area contributed by atoms with Crippen LogP contribution in [-0.4, -0.2) is 25.2 Å². The predicted octanol–water partition coefficient (Wildman–Crippen LogP) is 2.69. The third-order valence-electron chi connectivity index (χ3n) is 2.37. The Labute approximate surface area is 132 Å². The summed E-state index contributed by atoms with van der Waals surface area (Å²) in [6.45, 7) is 7.44. The van der Waals surface area contributed by atoms with Gasteiger partial charge in [0.2, 0.25) is 0 Å². The van der Waals surface area contributed by atoms with Crippen LogP contribution in [0.4, 0.5) is 0 Å². The molecule has 0 atom stereocenters. The normalized spacial score (nSPS) is 11.1. The number of hydrogen-bond acceptors (Lipinski definition) is 2. The number of para-hydroxylation sites is 1. The lowest BCUT2D eigenvalue weighted by atomic mass is 10.2. The van der Waals surface area contributed by atoms with E-state index in [9.17, 15) is 0 Å². The molecule has 0 heterocycles. The van der Waals surface area contributed by atoms with E-state index in [1.165, 1.54) is 0 Å². The summed E-state index contributed by atoms with van der Waals surface area (Å²) in [7, 11) is 0. The number of aliphatic imine (C=N–C) groups is 1. The summed E-state index contributed by atoms with van der Waals surface area (Å²) in [4.78, 5) is 4.22. The van der Waals surface area contributed by atoms with E-state index in [1.807, 2.05) is 45.0 Å². The Hall–Kier alpha value is -0.980. The van der Waals surface area contributed by atoms with Crippen LogP contribution in [0.25, 0.3) is 0 Å². The molecule has 4 nitrogen and oxygen atoms in total. The SMILES string of the molecule is Cc1ccccc1OCCCN=C(N)NC(C)C.I. The van der Waals surface area contributed by atoms with E-state index >= 15 is 0 Å². The number of nitrogens with two attached hydrogens (primary N) is 1. The minimum atomic E-state index is 0. The fraction of sp³-hybridized carbons (Fsp3) is 0.500. The van der Waals surface area contributed by atoms with Gasteiger partial charge >= 0.3 is 0 Å². The first-order chi connectivity index (χ1) is 8.59. The van der Waals surface area contributed by atoms with E-state index < -0.39 is 0 Å². The van der Waals surface area contributed by atoms with Crippen LogP contribution < -0.4 is 15.8 Å². The number of guanidine groups is 1. The van der Waals surface area contributed by atoms with Crippen molar-refractivity contribution in [3.63, 3.8) is 0 Å². The molecule has 0 fully saturated rings. The van der Waals surface area contributed by atoms with E-state index in [2.05, 4.69) is 10.3 Å². The Kier molecular flexibility index (Phi) is 9.38. The maximum Gasteiger partial charge on any atom is 0.188 e. The molecule has 0 saturated heterocycles. The second-order valence-corrected chi connectivity index (χ2v) is 4.53. The van der Waals surface area contributed by atoms with Gasteiger partial charge in [-0.15, -0.1) is 24.0 Å². The van der Waals surface area contributed by atoms with Crippen LogP contribution in [0.15, 0.2) is 29.3 Å². The summed E-state index contributed by atoms with van der Waals surface area (Å²) in [6, 6.07) is 8.32. The smallest absolute Gasteiger partial charge is 0.188 e. The van der Waals surface area contributed by atoms with Gasteiger partial charge in [0.05, 0.1) is 6.61 Å². The zero-order valence-corrected chi connectivity index (χ0v) is 14.2. The molecule has 19 heavy (non-hydrogen) atoms. The van der Waals surface area contributed by atoms with Gasteiger partial charge in [0, 0.05) is 19.0 Å². The van der Waals surface area contributed by atoms with E-state index in [4.69, 9.17) is 10.5 Å². The molecule has 0 aliphatic rings. The summed E-state index contributed by atoms with van der Waals surface area (Å²) in [5.74, 6) is 1.44. The van der Waals surface area contributed by atoms with Crippen LogP contribution in [0.1, 0.15) is 25.8 Å². The first-order valence-corrected chi connectivity index (χ1v) is 6.34. The minimum Gasteiger partial charge on any atom is -0.493 e. The number of benzene rings is 1. The Balaban J connectivity index is 0.00000324. The van der Waals surface area contributed by atoms with Crippen molar-refractivity contribution < 1.29 is 4.74 Å². The highest BCUT2D eigenvalue weighted by Gasteiger charge is 1.97. The Morgan fingerprint density at radius 2 is 2.05 bits per heavy atom. The average Bonchev–Trinajstić information content (AvgIpc) is 2.30. The van der Waals surface area contributed by atoms with E-state index in [1.54, 1.807) is 0 Å². The molecule has 108 valence electrons. The molecular formula is C14H24IN3O. The number of aryl methyl sites for hydroxylation is 1. The summed E-state index contributed by atoms with van der Waals surface area (Å²) >= 11 is 0. The number of nitrogens with one attached hydrogen (secondary N) is 1. The Morgan fingerprint density at radius 3 is 2.68 bits per heavy atom. The van der Waals surface area contributed by atoms with Gasteiger partial charge in [-0.25, -0.2) is 0 Å². The molecule has 0 aliphatic heterocycles. The van der Waals surface area contributed by atoms with Crippen molar-refractivity contribution in [2.45, 2.75) is 33.2 Å². The zero-order chi connectivity index (χ0) is 13.4. The van der Waals surface area contributed by atoms with Crippen LogP contribution in [0.2, 0.25) is 0 Å². The molecular weight excluding hydrogens is 353 g/mol. The summed E-state index contributed by atoms with van der Waals surface area (Å²) in [6.07, 6.45) is 0.856. The van der Waals surface area contributed by atoms with Crippen LogP contribution in [0.3, 0.4) is 0 Å². The molecule has 1 aromatic carbocycles. The maximum atomic E-state index is 5.69. The summed E-state index contributed by atoms with van der Waals surface area (Å²) < 4.78 is 5.67. The van der Waals surface area contributed by atoms with Gasteiger partial charge in [-0.3, -0.25) is 4.99 Å². The molecule has 0 saturated carbocycles. The first kappa shape index (κ1) is 18.0. The second-order valence-electron chi connectivity index (χ2n) is 4.53. The topological polar surface area (TPSA) is 59.6 Å². The highest BCUT2D eigenvalue weighted by Crippen LogP contribution is 2.15. The van der Waals surface area contributed by atoms with Gasteiger partial charge in [0.15, 0.2) is 5.96 Å². The van der Waals surface area contributed by atoms with Gasteiger partial charge in [0.1, 0.15) is 5.75 Å². The molecule has 5 heteroatoms. The molecule has 0 amide bonds. The molecule has 0 bridgehead atoms. The molecule has 0 aliphatic carbocycles. The average molecular weight is 377 g/mol. The lowest BCUT2D eigenvalue weighted by molar-refractivity contribution is 0.311. The van der Waals surface area contributed by atoms with Gasteiger partial charge in [-0.1, -0.05) is 18.2 Å². The molecule has 0 aromatic heterocycles. The van der Waals surface area contributed by atoms with Crippen molar-refractivity contribution in [3.05, 3.63) is 29.8 Å². The van der Waals surface area contributed by atoms with Crippen LogP contribution >= 0.6 is 24.0 Å². The minimum absolute atomic E-state index is 0. The van der Waals surface area contributed by atoms with E-state index in [0.29, 0.717) is 25.2 Å². The predicted molar refractivity (Wildman–Crippen MR) is 91.5 cm³/mol. The van der Waals surface area contributed by atoms with Crippen molar-refractivity contribution >= 4 is 29.9 Å². The molecule has 0 radical (unpaired) electrons. The molecule has 1 aromatic rings. The van der Waals surface area contributed by atoms with Gasteiger partial charge in [-0.2, -0.15) is 0 Å². The fourth-order valence-electron chi connectivity index (χ4n) is 1.51. The largest absolute Gasteiger partial charge is 0.493 e. The Morgan fingerprint density at radius 1 is 1.37 bits per heavy atom. The molecule has 1 rings (SSSR count). The standard InChI is InChI=1S/C14H23N3O.HI/c1-11(2)17-14(15)16-9-6-10-18-13-8-5-4-7-12(13)3;/h4-5,7-8,11H,6,9-10H2,1-3H3,(H3,15,16,17);1H. The maximum absolute atomic E-state index is 5.69. The van der Waals surface area contributed by atoms with Gasteiger partial charge in [-0.05, 0) is 32.4 Å². The van der Waals surface area contributed by atoms with Gasteiger partial charge in [0.25, 0.3) is 0 Å². The molecule has 0 unspecified atom stereocenters. The lowest BCUT2D eigenvalue weighted by Crippen LogP contribution is -2.36. The molecule has 3 N–H and O–H groups in total.